The molecule has 140 valence electrons. The van der Waals surface area contributed by atoms with Crippen molar-refractivity contribution in [1.29, 1.82) is 0 Å². The molecular weight excluding hydrogens is 332 g/mol. The summed E-state index contributed by atoms with van der Waals surface area (Å²) in [6.07, 6.45) is 0. The van der Waals surface area contributed by atoms with Crippen LogP contribution in [-0.2, 0) is 5.60 Å². The van der Waals surface area contributed by atoms with Crippen LogP contribution in [0.15, 0.2) is 66.7 Å². The van der Waals surface area contributed by atoms with E-state index in [1.54, 1.807) is 7.11 Å². The third-order valence-electron chi connectivity index (χ3n) is 4.97. The number of hydrogen-bond donors (Lipinski definition) is 1. The minimum absolute atomic E-state index is 0.415. The maximum Gasteiger partial charge on any atom is 0.134 e. The number of rotatable bonds is 5. The predicted molar refractivity (Wildman–Crippen MR) is 113 cm³/mol. The Balaban J connectivity index is 2.28. The average Bonchev–Trinajstić information content (AvgIpc) is 2.66. The molecule has 0 aliphatic carbocycles. The largest absolute Gasteiger partial charge is 0.495 e. The molecule has 0 radical (unpaired) electrons. The Labute approximate surface area is 162 Å². The molecule has 27 heavy (non-hydrogen) atoms. The fraction of sp³-hybridized carbons (Fsp3) is 0.280. The van der Waals surface area contributed by atoms with Gasteiger partial charge in [-0.25, -0.2) is 0 Å². The van der Waals surface area contributed by atoms with Crippen LogP contribution in [0.4, 0.5) is 0 Å². The van der Waals surface area contributed by atoms with E-state index in [-0.39, 0.29) is 0 Å². The molecule has 2 heteroatoms. The van der Waals surface area contributed by atoms with E-state index in [0.717, 1.165) is 28.0 Å². The fourth-order valence-corrected chi connectivity index (χ4v) is 3.68. The first-order chi connectivity index (χ1) is 12.8. The first-order valence-electron chi connectivity index (χ1n) is 9.43. The van der Waals surface area contributed by atoms with Gasteiger partial charge in [-0.1, -0.05) is 80.6 Å². The van der Waals surface area contributed by atoms with Gasteiger partial charge in [0.2, 0.25) is 0 Å². The van der Waals surface area contributed by atoms with Crippen LogP contribution in [0, 0.1) is 0 Å². The summed E-state index contributed by atoms with van der Waals surface area (Å²) in [6, 6.07) is 22.7. The van der Waals surface area contributed by atoms with Gasteiger partial charge < -0.3 is 9.84 Å². The van der Waals surface area contributed by atoms with Crippen LogP contribution in [0.5, 0.6) is 5.75 Å². The second kappa shape index (κ2) is 7.58. The van der Waals surface area contributed by atoms with Gasteiger partial charge in [-0.05, 0) is 42.0 Å². The van der Waals surface area contributed by atoms with Crippen LogP contribution in [0.3, 0.4) is 0 Å². The van der Waals surface area contributed by atoms with Crippen LogP contribution in [0.25, 0.3) is 22.3 Å². The van der Waals surface area contributed by atoms with Crippen molar-refractivity contribution < 1.29 is 9.84 Å². The quantitative estimate of drug-likeness (QED) is 0.572. The Morgan fingerprint density at radius 2 is 1.26 bits per heavy atom. The summed E-state index contributed by atoms with van der Waals surface area (Å²) in [7, 11) is 1.72. The van der Waals surface area contributed by atoms with Crippen molar-refractivity contribution in [3.63, 3.8) is 0 Å². The highest BCUT2D eigenvalue weighted by Crippen LogP contribution is 2.43. The first kappa shape index (κ1) is 19.2. The lowest BCUT2D eigenvalue weighted by Gasteiger charge is -2.24. The molecule has 0 saturated heterocycles. The normalized spacial score (nSPS) is 11.7. The Hall–Kier alpha value is -2.58. The highest BCUT2D eigenvalue weighted by atomic mass is 16.5. The van der Waals surface area contributed by atoms with E-state index in [1.165, 1.54) is 11.1 Å². The van der Waals surface area contributed by atoms with E-state index >= 15 is 0 Å². The molecule has 3 rings (SSSR count). The van der Waals surface area contributed by atoms with Crippen molar-refractivity contribution in [1.82, 2.24) is 0 Å². The third kappa shape index (κ3) is 3.77. The second-order valence-corrected chi connectivity index (χ2v) is 7.73. The molecule has 0 aliphatic rings. The Morgan fingerprint density at radius 1 is 0.741 bits per heavy atom. The summed E-state index contributed by atoms with van der Waals surface area (Å²) < 4.78 is 5.91. The lowest BCUT2D eigenvalue weighted by molar-refractivity contribution is 0.0792. The fourth-order valence-electron chi connectivity index (χ4n) is 3.68. The van der Waals surface area contributed by atoms with E-state index in [9.17, 15) is 5.11 Å². The number of aliphatic hydroxyl groups is 1. The smallest absolute Gasteiger partial charge is 0.134 e. The first-order valence-corrected chi connectivity index (χ1v) is 9.43. The Kier molecular flexibility index (Phi) is 5.38. The molecule has 0 amide bonds. The van der Waals surface area contributed by atoms with E-state index < -0.39 is 5.60 Å². The molecule has 0 saturated carbocycles. The monoisotopic (exact) mass is 360 g/mol. The van der Waals surface area contributed by atoms with Gasteiger partial charge in [0, 0.05) is 11.1 Å². The summed E-state index contributed by atoms with van der Waals surface area (Å²) in [5.74, 6) is 1.25. The van der Waals surface area contributed by atoms with Crippen LogP contribution >= 0.6 is 0 Å². The predicted octanol–water partition coefficient (Wildman–Crippen LogP) is 6.38. The number of ether oxygens (including phenoxy) is 1. The zero-order valence-corrected chi connectivity index (χ0v) is 16.8. The van der Waals surface area contributed by atoms with Gasteiger partial charge in [-0.15, -0.1) is 0 Å². The maximum absolute atomic E-state index is 10.7. The summed E-state index contributed by atoms with van der Waals surface area (Å²) >= 11 is 0. The molecule has 0 aromatic heterocycles. The molecule has 0 fully saturated rings. The highest BCUT2D eigenvalue weighted by Gasteiger charge is 2.23. The van der Waals surface area contributed by atoms with Crippen LogP contribution in [0.2, 0.25) is 0 Å². The third-order valence-corrected chi connectivity index (χ3v) is 4.97. The number of hydrogen-bond acceptors (Lipinski definition) is 2. The van der Waals surface area contributed by atoms with Gasteiger partial charge in [0.15, 0.2) is 0 Å². The van der Waals surface area contributed by atoms with Gasteiger partial charge in [0.25, 0.3) is 0 Å². The molecule has 2 nitrogen and oxygen atoms in total. The molecule has 0 spiro atoms. The van der Waals surface area contributed by atoms with E-state index in [0.29, 0.717) is 5.92 Å². The zero-order valence-electron chi connectivity index (χ0n) is 16.8. The Bertz CT molecular complexity index is 933. The molecule has 1 N–H and O–H groups in total. The number of benzene rings is 3. The second-order valence-electron chi connectivity index (χ2n) is 7.73. The summed E-state index contributed by atoms with van der Waals surface area (Å²) in [5, 5.41) is 10.7. The van der Waals surface area contributed by atoms with Gasteiger partial charge >= 0.3 is 0 Å². The van der Waals surface area contributed by atoms with Crippen molar-refractivity contribution in [3.05, 3.63) is 77.9 Å². The van der Waals surface area contributed by atoms with Crippen molar-refractivity contribution in [3.8, 4) is 28.0 Å². The standard InChI is InChI=1S/C25H28O2/c1-17(2)18-11-6-7-12-19(18)21-14-10-15-22(24(21)27-5)20-13-8-9-16-23(20)25(3,4)26/h6-17,26H,1-5H3. The Morgan fingerprint density at radius 3 is 1.85 bits per heavy atom. The molecule has 3 aromatic carbocycles. The molecule has 0 aliphatic heterocycles. The molecule has 0 bridgehead atoms. The molecule has 3 aromatic rings. The van der Waals surface area contributed by atoms with Gasteiger partial charge in [0.05, 0.1) is 12.7 Å². The summed E-state index contributed by atoms with van der Waals surface area (Å²) in [4.78, 5) is 0. The van der Waals surface area contributed by atoms with E-state index in [2.05, 4.69) is 56.3 Å². The topological polar surface area (TPSA) is 29.5 Å². The molecule has 0 atom stereocenters. The SMILES string of the molecule is COc1c(-c2ccccc2C(C)C)cccc1-c1ccccc1C(C)(C)O. The van der Waals surface area contributed by atoms with Gasteiger partial charge in [0.1, 0.15) is 5.75 Å². The minimum atomic E-state index is -0.937. The zero-order chi connectivity index (χ0) is 19.6. The molecule has 0 heterocycles. The maximum atomic E-state index is 10.7. The van der Waals surface area contributed by atoms with E-state index in [4.69, 9.17) is 4.74 Å². The van der Waals surface area contributed by atoms with Crippen molar-refractivity contribution in [2.24, 2.45) is 0 Å². The lowest BCUT2D eigenvalue weighted by Crippen LogP contribution is -2.16. The molecule has 0 unspecified atom stereocenters. The average molecular weight is 360 g/mol. The summed E-state index contributed by atoms with van der Waals surface area (Å²) in [5.41, 5.74) is 5.49. The minimum Gasteiger partial charge on any atom is -0.495 e. The van der Waals surface area contributed by atoms with Crippen molar-refractivity contribution in [2.45, 2.75) is 39.2 Å². The highest BCUT2D eigenvalue weighted by molar-refractivity contribution is 5.85. The molecular formula is C25H28O2. The summed E-state index contributed by atoms with van der Waals surface area (Å²) in [6.45, 7) is 8.05. The van der Waals surface area contributed by atoms with E-state index in [1.807, 2.05) is 38.1 Å². The van der Waals surface area contributed by atoms with Crippen molar-refractivity contribution >= 4 is 0 Å². The van der Waals surface area contributed by atoms with Crippen LogP contribution in [0.1, 0.15) is 44.7 Å². The van der Waals surface area contributed by atoms with Gasteiger partial charge in [-0.3, -0.25) is 0 Å². The van der Waals surface area contributed by atoms with Gasteiger partial charge in [-0.2, -0.15) is 0 Å². The number of para-hydroxylation sites is 1. The van der Waals surface area contributed by atoms with Crippen molar-refractivity contribution in [2.75, 3.05) is 7.11 Å². The lowest BCUT2D eigenvalue weighted by atomic mass is 9.86. The number of methoxy groups -OCH3 is 1. The van der Waals surface area contributed by atoms with Crippen LogP contribution < -0.4 is 4.74 Å². The van der Waals surface area contributed by atoms with Crippen LogP contribution in [-0.4, -0.2) is 12.2 Å².